The number of hydrogen-bond acceptors (Lipinski definition) is 2. The van der Waals surface area contributed by atoms with E-state index in [1.807, 2.05) is 0 Å². The van der Waals surface area contributed by atoms with Crippen LogP contribution < -0.4 is 11.1 Å². The average Bonchev–Trinajstić information content (AvgIpc) is 2.29. The first-order valence-corrected chi connectivity index (χ1v) is 6.27. The van der Waals surface area contributed by atoms with Gasteiger partial charge in [0.05, 0.1) is 0 Å². The van der Waals surface area contributed by atoms with Gasteiger partial charge in [0.25, 0.3) is 0 Å². The van der Waals surface area contributed by atoms with Crippen LogP contribution in [0.2, 0.25) is 0 Å². The Balaban J connectivity index is 2.20. The lowest BCUT2D eigenvalue weighted by molar-refractivity contribution is 0.333. The topological polar surface area (TPSA) is 38.0 Å². The molecule has 0 amide bonds. The predicted molar refractivity (Wildman–Crippen MR) is 66.9 cm³/mol. The Bertz CT molecular complexity index is 327. The summed E-state index contributed by atoms with van der Waals surface area (Å²) in [5.41, 5.74) is 7.24. The Kier molecular flexibility index (Phi) is 3.78. The molecule has 2 unspecified atom stereocenters. The van der Waals surface area contributed by atoms with Crippen molar-refractivity contribution in [3.63, 3.8) is 0 Å². The Morgan fingerprint density at radius 2 is 2.33 bits per heavy atom. The van der Waals surface area contributed by atoms with E-state index >= 15 is 0 Å². The molecule has 1 saturated heterocycles. The number of nitrogens with one attached hydrogen (secondary N) is 1. The smallest absolute Gasteiger partial charge is 0.0178 e. The van der Waals surface area contributed by atoms with Crippen molar-refractivity contribution in [2.24, 2.45) is 11.7 Å². The van der Waals surface area contributed by atoms with Crippen LogP contribution in [0.5, 0.6) is 0 Å². The van der Waals surface area contributed by atoms with Crippen LogP contribution in [0.4, 0.5) is 0 Å². The number of rotatable bonds is 2. The van der Waals surface area contributed by atoms with Crippen LogP contribution in [-0.2, 0) is 0 Å². The lowest BCUT2D eigenvalue weighted by Crippen LogP contribution is -2.39. The van der Waals surface area contributed by atoms with E-state index < -0.39 is 0 Å². The predicted octanol–water partition coefficient (Wildman–Crippen LogP) is 2.10. The third-order valence-electron chi connectivity index (χ3n) is 3.19. The van der Waals surface area contributed by atoms with Crippen LogP contribution in [0.25, 0.3) is 0 Å². The first kappa shape index (κ1) is 11.1. The molecule has 0 bridgehead atoms. The van der Waals surface area contributed by atoms with Crippen molar-refractivity contribution in [1.82, 2.24) is 5.32 Å². The third kappa shape index (κ3) is 2.60. The van der Waals surface area contributed by atoms with Crippen molar-refractivity contribution in [2.75, 3.05) is 19.6 Å². The van der Waals surface area contributed by atoms with E-state index in [1.54, 1.807) is 0 Å². The zero-order valence-corrected chi connectivity index (χ0v) is 10.3. The summed E-state index contributed by atoms with van der Waals surface area (Å²) in [6.07, 6.45) is 1.19. The number of halogens is 1. The molecule has 0 radical (unpaired) electrons. The van der Waals surface area contributed by atoms with Crippen molar-refractivity contribution in [2.45, 2.75) is 12.3 Å². The van der Waals surface area contributed by atoms with Gasteiger partial charge in [-0.25, -0.2) is 0 Å². The van der Waals surface area contributed by atoms with Crippen LogP contribution in [-0.4, -0.2) is 19.6 Å². The quantitative estimate of drug-likeness (QED) is 0.863. The zero-order valence-electron chi connectivity index (χ0n) is 8.75. The van der Waals surface area contributed by atoms with Crippen molar-refractivity contribution < 1.29 is 0 Å². The molecule has 15 heavy (non-hydrogen) atoms. The molecule has 3 heteroatoms. The highest BCUT2D eigenvalue weighted by atomic mass is 79.9. The summed E-state index contributed by atoms with van der Waals surface area (Å²) in [6, 6.07) is 8.61. The van der Waals surface area contributed by atoms with E-state index in [2.05, 4.69) is 45.5 Å². The van der Waals surface area contributed by atoms with E-state index in [4.69, 9.17) is 5.73 Å². The number of benzene rings is 1. The molecule has 2 nitrogen and oxygen atoms in total. The van der Waals surface area contributed by atoms with Gasteiger partial charge in [0.2, 0.25) is 0 Å². The molecule has 3 N–H and O–H groups in total. The maximum absolute atomic E-state index is 5.82. The third-order valence-corrected chi connectivity index (χ3v) is 3.68. The molecular weight excluding hydrogens is 252 g/mol. The molecule has 1 aliphatic rings. The molecular formula is C12H17BrN2. The number of hydrogen-bond donors (Lipinski definition) is 2. The fourth-order valence-electron chi connectivity index (χ4n) is 2.35. The summed E-state index contributed by atoms with van der Waals surface area (Å²) in [7, 11) is 0. The molecule has 0 aromatic heterocycles. The number of nitrogens with two attached hydrogens (primary N) is 1. The van der Waals surface area contributed by atoms with Crippen molar-refractivity contribution >= 4 is 15.9 Å². The van der Waals surface area contributed by atoms with Crippen LogP contribution in [0, 0.1) is 5.92 Å². The van der Waals surface area contributed by atoms with Crippen LogP contribution in [0.1, 0.15) is 17.9 Å². The van der Waals surface area contributed by atoms with E-state index in [0.29, 0.717) is 11.8 Å². The molecule has 0 spiro atoms. The zero-order chi connectivity index (χ0) is 10.7. The minimum absolute atomic E-state index is 0.577. The lowest BCUT2D eigenvalue weighted by atomic mass is 9.81. The van der Waals surface area contributed by atoms with Crippen LogP contribution in [0.3, 0.4) is 0 Å². The fourth-order valence-corrected chi connectivity index (χ4v) is 2.76. The molecule has 2 atom stereocenters. The molecule has 1 aromatic rings. The first-order chi connectivity index (χ1) is 7.31. The molecule has 2 rings (SSSR count). The Morgan fingerprint density at radius 1 is 1.47 bits per heavy atom. The van der Waals surface area contributed by atoms with Gasteiger partial charge in [0, 0.05) is 4.47 Å². The largest absolute Gasteiger partial charge is 0.330 e. The lowest BCUT2D eigenvalue weighted by Gasteiger charge is -2.31. The van der Waals surface area contributed by atoms with Crippen molar-refractivity contribution in [1.29, 1.82) is 0 Å². The fraction of sp³-hybridized carbons (Fsp3) is 0.500. The second-order valence-corrected chi connectivity index (χ2v) is 5.07. The van der Waals surface area contributed by atoms with E-state index in [0.717, 1.165) is 24.1 Å². The van der Waals surface area contributed by atoms with E-state index in [9.17, 15) is 0 Å². The van der Waals surface area contributed by atoms with Gasteiger partial charge in [0.1, 0.15) is 0 Å². The highest BCUT2D eigenvalue weighted by Gasteiger charge is 2.24. The van der Waals surface area contributed by atoms with Gasteiger partial charge >= 0.3 is 0 Å². The molecule has 1 fully saturated rings. The highest BCUT2D eigenvalue weighted by molar-refractivity contribution is 9.10. The SMILES string of the molecule is NCC1CNCCC1c1cccc(Br)c1. The highest BCUT2D eigenvalue weighted by Crippen LogP contribution is 2.30. The van der Waals surface area contributed by atoms with Gasteiger partial charge in [-0.1, -0.05) is 28.1 Å². The number of piperidine rings is 1. The van der Waals surface area contributed by atoms with Crippen LogP contribution in [0.15, 0.2) is 28.7 Å². The normalized spacial score (nSPS) is 26.5. The minimum atomic E-state index is 0.577. The molecule has 0 saturated carbocycles. The van der Waals surface area contributed by atoms with E-state index in [-0.39, 0.29) is 0 Å². The standard InChI is InChI=1S/C12H17BrN2/c13-11-3-1-2-9(6-11)12-4-5-15-8-10(12)7-14/h1-3,6,10,12,15H,4-5,7-8,14H2. The second-order valence-electron chi connectivity index (χ2n) is 4.15. The van der Waals surface area contributed by atoms with Gasteiger partial charge in [-0.15, -0.1) is 0 Å². The summed E-state index contributed by atoms with van der Waals surface area (Å²) in [4.78, 5) is 0. The molecule has 1 aliphatic heterocycles. The summed E-state index contributed by atoms with van der Waals surface area (Å²) < 4.78 is 1.16. The summed E-state index contributed by atoms with van der Waals surface area (Å²) in [5.74, 6) is 1.20. The molecule has 82 valence electrons. The Morgan fingerprint density at radius 3 is 3.07 bits per heavy atom. The molecule has 1 heterocycles. The summed E-state index contributed by atoms with van der Waals surface area (Å²) >= 11 is 3.52. The van der Waals surface area contributed by atoms with Gasteiger partial charge in [0.15, 0.2) is 0 Å². The van der Waals surface area contributed by atoms with Gasteiger partial charge in [-0.2, -0.15) is 0 Å². The monoisotopic (exact) mass is 268 g/mol. The van der Waals surface area contributed by atoms with Gasteiger partial charge in [-0.05, 0) is 55.6 Å². The molecule has 1 aromatic carbocycles. The minimum Gasteiger partial charge on any atom is -0.330 e. The maximum atomic E-state index is 5.82. The van der Waals surface area contributed by atoms with Gasteiger partial charge in [-0.3, -0.25) is 0 Å². The van der Waals surface area contributed by atoms with Gasteiger partial charge < -0.3 is 11.1 Å². The second kappa shape index (κ2) is 5.10. The summed E-state index contributed by atoms with van der Waals surface area (Å²) in [6.45, 7) is 2.92. The summed E-state index contributed by atoms with van der Waals surface area (Å²) in [5, 5.41) is 3.41. The Hall–Kier alpha value is -0.380. The maximum Gasteiger partial charge on any atom is 0.0178 e. The van der Waals surface area contributed by atoms with Crippen LogP contribution >= 0.6 is 15.9 Å². The van der Waals surface area contributed by atoms with Crippen molar-refractivity contribution in [3.05, 3.63) is 34.3 Å². The molecule has 0 aliphatic carbocycles. The average molecular weight is 269 g/mol. The van der Waals surface area contributed by atoms with E-state index in [1.165, 1.54) is 12.0 Å². The van der Waals surface area contributed by atoms with Crippen molar-refractivity contribution in [3.8, 4) is 0 Å². The Labute approximate surface area is 99.4 Å². The first-order valence-electron chi connectivity index (χ1n) is 5.47.